The van der Waals surface area contributed by atoms with E-state index in [1.807, 2.05) is 0 Å². The molecule has 6 heteroatoms. The van der Waals surface area contributed by atoms with Crippen LogP contribution in [-0.4, -0.2) is 25.3 Å². The van der Waals surface area contributed by atoms with Gasteiger partial charge in [-0.2, -0.15) is 21.0 Å². The topological polar surface area (TPSA) is 80.4 Å². The first-order valence-electron chi connectivity index (χ1n) is 3.86. The maximum Gasteiger partial charge on any atom is 0.294 e. The Morgan fingerprint density at radius 3 is 1.93 bits per heavy atom. The van der Waals surface area contributed by atoms with Gasteiger partial charge >= 0.3 is 0 Å². The Labute approximate surface area is 89.3 Å². The number of benzene rings is 1. The quantitative estimate of drug-likeness (QED) is 0.523. The molecule has 1 aromatic carbocycles. The summed E-state index contributed by atoms with van der Waals surface area (Å²) in [5.74, 6) is 0.792. The van der Waals surface area contributed by atoms with Crippen molar-refractivity contribution >= 4 is 22.7 Å². The molecule has 1 aromatic rings. The average molecular weight is 235 g/mol. The summed E-state index contributed by atoms with van der Waals surface area (Å²) in [4.78, 5) is -0.0741. The second-order valence-corrected chi connectivity index (χ2v) is 4.17. The highest BCUT2D eigenvalue weighted by Gasteiger charge is 2.05. The van der Waals surface area contributed by atoms with Crippen molar-refractivity contribution in [3.8, 4) is 0 Å². The van der Waals surface area contributed by atoms with Gasteiger partial charge in [-0.25, -0.2) is 0 Å². The smallest absolute Gasteiger partial charge is 0.294 e. The largest absolute Gasteiger partial charge is 0.330 e. The normalized spacial score (nSPS) is 10.2. The third kappa shape index (κ3) is 5.98. The molecule has 0 saturated heterocycles. The molecule has 0 aliphatic heterocycles. The van der Waals surface area contributed by atoms with Gasteiger partial charge in [0.15, 0.2) is 0 Å². The molecule has 14 heavy (non-hydrogen) atoms. The summed E-state index contributed by atoms with van der Waals surface area (Å²) in [5.41, 5.74) is 4.95. The van der Waals surface area contributed by atoms with Crippen molar-refractivity contribution < 1.29 is 13.0 Å². The maximum absolute atomic E-state index is 10.4. The fourth-order valence-corrected chi connectivity index (χ4v) is 1.09. The first kappa shape index (κ1) is 13.4. The summed E-state index contributed by atoms with van der Waals surface area (Å²) in [7, 11) is -4.00. The average Bonchev–Trinajstić information content (AvgIpc) is 2.18. The third-order valence-electron chi connectivity index (χ3n) is 1.17. The van der Waals surface area contributed by atoms with Crippen LogP contribution in [-0.2, 0) is 10.1 Å². The Morgan fingerprint density at radius 2 is 1.71 bits per heavy atom. The Bertz CT molecular complexity index is 335. The molecule has 0 saturated carbocycles. The van der Waals surface area contributed by atoms with Gasteiger partial charge in [-0.05, 0) is 12.1 Å². The molecule has 0 aliphatic carbocycles. The molecule has 1 rings (SSSR count). The lowest BCUT2D eigenvalue weighted by atomic mass is 10.4. The van der Waals surface area contributed by atoms with Crippen molar-refractivity contribution in [2.75, 3.05) is 12.3 Å². The van der Waals surface area contributed by atoms with Crippen LogP contribution < -0.4 is 5.73 Å². The first-order valence-corrected chi connectivity index (χ1v) is 5.93. The number of rotatable bonds is 2. The minimum atomic E-state index is -4.00. The van der Waals surface area contributed by atoms with Gasteiger partial charge in [-0.3, -0.25) is 4.55 Å². The van der Waals surface area contributed by atoms with E-state index >= 15 is 0 Å². The molecular weight excluding hydrogens is 222 g/mol. The Kier molecular flexibility index (Phi) is 6.56. The lowest BCUT2D eigenvalue weighted by molar-refractivity contribution is 0.483. The predicted molar refractivity (Wildman–Crippen MR) is 59.2 cm³/mol. The molecule has 80 valence electrons. The zero-order valence-corrected chi connectivity index (χ0v) is 9.21. The van der Waals surface area contributed by atoms with Crippen LogP contribution >= 0.6 is 12.6 Å². The molecule has 0 heterocycles. The highest BCUT2D eigenvalue weighted by atomic mass is 32.2. The summed E-state index contributed by atoms with van der Waals surface area (Å²) >= 11 is 3.80. The SMILES string of the molecule is NCCS.O=S(=O)(O)c1ccccc1. The Hall–Kier alpha value is -0.560. The van der Waals surface area contributed by atoms with Crippen LogP contribution in [0.4, 0.5) is 0 Å². The molecule has 0 aromatic heterocycles. The highest BCUT2D eigenvalue weighted by Crippen LogP contribution is 2.05. The molecule has 4 nitrogen and oxygen atoms in total. The van der Waals surface area contributed by atoms with E-state index in [4.69, 9.17) is 10.3 Å². The summed E-state index contributed by atoms with van der Waals surface area (Å²) < 4.78 is 29.2. The summed E-state index contributed by atoms with van der Waals surface area (Å²) in [6.45, 7) is 0.684. The van der Waals surface area contributed by atoms with E-state index in [2.05, 4.69) is 12.6 Å². The van der Waals surface area contributed by atoms with Gasteiger partial charge in [0.2, 0.25) is 0 Å². The van der Waals surface area contributed by atoms with Gasteiger partial charge in [0.1, 0.15) is 0 Å². The molecular formula is C8H13NO3S2. The number of hydrogen-bond acceptors (Lipinski definition) is 4. The molecule has 0 spiro atoms. The molecule has 0 atom stereocenters. The van der Waals surface area contributed by atoms with Crippen LogP contribution in [0.25, 0.3) is 0 Å². The predicted octanol–water partition coefficient (Wildman–Crippen LogP) is 0.808. The van der Waals surface area contributed by atoms with E-state index in [1.165, 1.54) is 12.1 Å². The van der Waals surface area contributed by atoms with E-state index in [0.717, 1.165) is 5.75 Å². The van der Waals surface area contributed by atoms with Crippen LogP contribution in [0.5, 0.6) is 0 Å². The van der Waals surface area contributed by atoms with Gasteiger partial charge < -0.3 is 5.73 Å². The highest BCUT2D eigenvalue weighted by molar-refractivity contribution is 7.85. The van der Waals surface area contributed by atoms with Gasteiger partial charge in [0.25, 0.3) is 10.1 Å². The van der Waals surface area contributed by atoms with E-state index in [1.54, 1.807) is 18.2 Å². The van der Waals surface area contributed by atoms with Gasteiger partial charge in [0, 0.05) is 12.3 Å². The lowest BCUT2D eigenvalue weighted by Gasteiger charge is -1.92. The van der Waals surface area contributed by atoms with Crippen molar-refractivity contribution in [2.45, 2.75) is 4.90 Å². The minimum absolute atomic E-state index is 0.0741. The summed E-state index contributed by atoms with van der Waals surface area (Å²) in [6.07, 6.45) is 0. The number of hydrogen-bond donors (Lipinski definition) is 3. The zero-order chi connectivity index (χ0) is 11.0. The van der Waals surface area contributed by atoms with Crippen molar-refractivity contribution in [1.29, 1.82) is 0 Å². The van der Waals surface area contributed by atoms with Crippen LogP contribution in [0.3, 0.4) is 0 Å². The molecule has 0 bridgehead atoms. The van der Waals surface area contributed by atoms with Crippen molar-refractivity contribution in [1.82, 2.24) is 0 Å². The van der Waals surface area contributed by atoms with Crippen molar-refractivity contribution in [3.05, 3.63) is 30.3 Å². The molecule has 0 amide bonds. The van der Waals surface area contributed by atoms with Crippen LogP contribution in [0.1, 0.15) is 0 Å². The van der Waals surface area contributed by atoms with Gasteiger partial charge in [0.05, 0.1) is 4.90 Å². The van der Waals surface area contributed by atoms with E-state index in [-0.39, 0.29) is 4.90 Å². The summed E-state index contributed by atoms with van der Waals surface area (Å²) in [6, 6.07) is 7.42. The van der Waals surface area contributed by atoms with Gasteiger partial charge in [-0.15, -0.1) is 0 Å². The second kappa shape index (κ2) is 6.83. The second-order valence-electron chi connectivity index (χ2n) is 2.30. The van der Waals surface area contributed by atoms with Crippen LogP contribution in [0.2, 0.25) is 0 Å². The Morgan fingerprint density at radius 1 is 1.29 bits per heavy atom. The van der Waals surface area contributed by atoms with Gasteiger partial charge in [-0.1, -0.05) is 18.2 Å². The van der Waals surface area contributed by atoms with E-state index < -0.39 is 10.1 Å². The number of thiol groups is 1. The molecule has 0 radical (unpaired) electrons. The van der Waals surface area contributed by atoms with E-state index in [9.17, 15) is 8.42 Å². The fraction of sp³-hybridized carbons (Fsp3) is 0.250. The first-order chi connectivity index (χ1) is 6.52. The van der Waals surface area contributed by atoms with Crippen LogP contribution in [0.15, 0.2) is 35.2 Å². The molecule has 0 unspecified atom stereocenters. The molecule has 0 aliphatic rings. The molecule has 0 fully saturated rings. The molecule has 3 N–H and O–H groups in total. The maximum atomic E-state index is 10.4. The van der Waals surface area contributed by atoms with Crippen LogP contribution in [0, 0.1) is 0 Å². The minimum Gasteiger partial charge on any atom is -0.330 e. The lowest BCUT2D eigenvalue weighted by Crippen LogP contribution is -1.97. The van der Waals surface area contributed by atoms with E-state index in [0.29, 0.717) is 6.54 Å². The third-order valence-corrected chi connectivity index (χ3v) is 2.30. The Balaban J connectivity index is 0.000000364. The summed E-state index contributed by atoms with van der Waals surface area (Å²) in [5, 5.41) is 0. The fourth-order valence-electron chi connectivity index (χ4n) is 0.592. The monoisotopic (exact) mass is 235 g/mol. The standard InChI is InChI=1S/C6H6O3S.C2H7NS/c7-10(8,9)6-4-2-1-3-5-6;3-1-2-4/h1-5H,(H,7,8,9);4H,1-3H2. The number of nitrogens with two attached hydrogens (primary N) is 1. The van der Waals surface area contributed by atoms with Crippen molar-refractivity contribution in [3.63, 3.8) is 0 Å². The van der Waals surface area contributed by atoms with Crippen molar-refractivity contribution in [2.24, 2.45) is 5.73 Å². The zero-order valence-electron chi connectivity index (χ0n) is 7.50.